The van der Waals surface area contributed by atoms with Crippen LogP contribution in [0.2, 0.25) is 0 Å². The number of aryl methyl sites for hydroxylation is 1. The molecule has 3 heteroatoms. The van der Waals surface area contributed by atoms with Crippen LogP contribution in [0.25, 0.3) is 21.8 Å². The van der Waals surface area contributed by atoms with E-state index in [0.29, 0.717) is 0 Å². The molecule has 3 aromatic rings. The first-order valence-corrected chi connectivity index (χ1v) is 8.83. The second-order valence-corrected chi connectivity index (χ2v) is 6.73. The van der Waals surface area contributed by atoms with E-state index >= 15 is 0 Å². The zero-order valence-corrected chi connectivity index (χ0v) is 14.7. The van der Waals surface area contributed by atoms with Gasteiger partial charge in [-0.15, -0.1) is 0 Å². The molecule has 1 heterocycles. The van der Waals surface area contributed by atoms with Crippen molar-refractivity contribution in [2.75, 3.05) is 20.6 Å². The third kappa shape index (κ3) is 3.51. The summed E-state index contributed by atoms with van der Waals surface area (Å²) in [6.45, 7) is 2.12. The summed E-state index contributed by atoms with van der Waals surface area (Å²) >= 11 is 0. The molecule has 0 atom stereocenters. The van der Waals surface area contributed by atoms with Crippen molar-refractivity contribution in [3.63, 3.8) is 0 Å². The summed E-state index contributed by atoms with van der Waals surface area (Å²) in [5.74, 6) is 0. The molecular weight excluding hydrogens is 296 g/mol. The van der Waals surface area contributed by atoms with Gasteiger partial charge in [0.05, 0.1) is 11.0 Å². The maximum Gasteiger partial charge on any atom is 0.197 e. The molecule has 3 nitrogen and oxygen atoms in total. The lowest BCUT2D eigenvalue weighted by Crippen LogP contribution is -2.13. The number of para-hydroxylation sites is 2. The molecule has 0 bridgehead atoms. The molecule has 0 saturated carbocycles. The first-order chi connectivity index (χ1) is 11.7. The van der Waals surface area contributed by atoms with E-state index < -0.39 is 0 Å². The minimum Gasteiger partial charge on any atom is -0.340 e. The van der Waals surface area contributed by atoms with Gasteiger partial charge in [-0.05, 0) is 57.7 Å². The Morgan fingerprint density at radius 2 is 1.33 bits per heavy atom. The lowest BCUT2D eigenvalue weighted by atomic mass is 10.1. The van der Waals surface area contributed by atoms with Crippen LogP contribution in [0.1, 0.15) is 25.7 Å². The highest BCUT2D eigenvalue weighted by molar-refractivity contribution is 5.93. The normalized spacial score (nSPS) is 11.6. The molecule has 0 saturated heterocycles. The highest BCUT2D eigenvalue weighted by Gasteiger charge is 2.09. The average Bonchev–Trinajstić information content (AvgIpc) is 2.60. The number of nitrogens with zero attached hydrogens (tertiary/aromatic N) is 2. The van der Waals surface area contributed by atoms with Crippen molar-refractivity contribution in [1.29, 1.82) is 0 Å². The van der Waals surface area contributed by atoms with Gasteiger partial charge in [-0.2, -0.15) is 0 Å². The summed E-state index contributed by atoms with van der Waals surface area (Å²) in [5, 5.41) is 1.65. The van der Waals surface area contributed by atoms with Crippen LogP contribution < -0.4 is 5.43 Å². The minimum absolute atomic E-state index is 0.142. The summed E-state index contributed by atoms with van der Waals surface area (Å²) in [5.41, 5.74) is 2.24. The van der Waals surface area contributed by atoms with Crippen LogP contribution in [0.5, 0.6) is 0 Å². The van der Waals surface area contributed by atoms with Crippen LogP contribution in [0.3, 0.4) is 0 Å². The van der Waals surface area contributed by atoms with Crippen LogP contribution in [-0.2, 0) is 6.54 Å². The fourth-order valence-corrected chi connectivity index (χ4v) is 3.37. The van der Waals surface area contributed by atoms with Gasteiger partial charge in [-0.1, -0.05) is 37.1 Å². The second kappa shape index (κ2) is 7.63. The standard InChI is InChI=1S/C21H26N2O/c1-22(2)15-9-3-4-10-16-23-19-13-7-5-11-17(19)21(24)18-12-6-8-14-20(18)23/h5-8,11-14H,3-4,9-10,15-16H2,1-2H3. The van der Waals surface area contributed by atoms with Gasteiger partial charge in [0.1, 0.15) is 0 Å². The number of hydrogen-bond acceptors (Lipinski definition) is 2. The number of rotatable bonds is 7. The molecule has 24 heavy (non-hydrogen) atoms. The van der Waals surface area contributed by atoms with Gasteiger partial charge in [0.25, 0.3) is 0 Å². The Morgan fingerprint density at radius 1 is 0.792 bits per heavy atom. The third-order valence-electron chi connectivity index (χ3n) is 4.62. The molecular formula is C21H26N2O. The van der Waals surface area contributed by atoms with Crippen molar-refractivity contribution in [3.8, 4) is 0 Å². The van der Waals surface area contributed by atoms with E-state index in [-0.39, 0.29) is 5.43 Å². The van der Waals surface area contributed by atoms with Gasteiger partial charge in [0, 0.05) is 17.3 Å². The van der Waals surface area contributed by atoms with Crippen molar-refractivity contribution in [2.24, 2.45) is 0 Å². The molecule has 0 aliphatic rings. The van der Waals surface area contributed by atoms with Crippen molar-refractivity contribution < 1.29 is 0 Å². The Labute approximate surface area is 143 Å². The summed E-state index contributed by atoms with van der Waals surface area (Å²) in [6.07, 6.45) is 4.87. The smallest absolute Gasteiger partial charge is 0.197 e. The molecule has 0 fully saturated rings. The van der Waals surface area contributed by atoms with E-state index in [4.69, 9.17) is 0 Å². The molecule has 0 spiro atoms. The summed E-state index contributed by atoms with van der Waals surface area (Å²) in [6, 6.07) is 15.9. The topological polar surface area (TPSA) is 25.2 Å². The maximum absolute atomic E-state index is 12.7. The quantitative estimate of drug-likeness (QED) is 0.479. The second-order valence-electron chi connectivity index (χ2n) is 6.73. The number of aromatic nitrogens is 1. The molecule has 0 radical (unpaired) electrons. The van der Waals surface area contributed by atoms with Crippen LogP contribution >= 0.6 is 0 Å². The van der Waals surface area contributed by atoms with Crippen LogP contribution in [-0.4, -0.2) is 30.1 Å². The fourth-order valence-electron chi connectivity index (χ4n) is 3.37. The first-order valence-electron chi connectivity index (χ1n) is 8.83. The lowest BCUT2D eigenvalue weighted by molar-refractivity contribution is 0.389. The van der Waals surface area contributed by atoms with E-state index in [2.05, 4.69) is 35.7 Å². The maximum atomic E-state index is 12.7. The monoisotopic (exact) mass is 322 g/mol. The predicted octanol–water partition coefficient (Wildman–Crippen LogP) is 4.28. The van der Waals surface area contributed by atoms with E-state index in [1.54, 1.807) is 0 Å². The van der Waals surface area contributed by atoms with Crippen molar-refractivity contribution in [1.82, 2.24) is 9.47 Å². The third-order valence-corrected chi connectivity index (χ3v) is 4.62. The van der Waals surface area contributed by atoms with Crippen LogP contribution in [0.4, 0.5) is 0 Å². The average molecular weight is 322 g/mol. The molecule has 0 N–H and O–H groups in total. The number of pyridine rings is 1. The molecule has 2 aromatic carbocycles. The summed E-state index contributed by atoms with van der Waals surface area (Å²) < 4.78 is 2.32. The van der Waals surface area contributed by atoms with E-state index in [1.165, 1.54) is 19.3 Å². The lowest BCUT2D eigenvalue weighted by Gasteiger charge is -2.15. The molecule has 0 aliphatic carbocycles. The molecule has 1 aromatic heterocycles. The van der Waals surface area contributed by atoms with Crippen molar-refractivity contribution in [3.05, 3.63) is 58.8 Å². The van der Waals surface area contributed by atoms with E-state index in [9.17, 15) is 4.79 Å². The van der Waals surface area contributed by atoms with Crippen LogP contribution in [0, 0.1) is 0 Å². The highest BCUT2D eigenvalue weighted by Crippen LogP contribution is 2.20. The Kier molecular flexibility index (Phi) is 5.31. The van der Waals surface area contributed by atoms with Gasteiger partial charge < -0.3 is 9.47 Å². The first kappa shape index (κ1) is 16.7. The van der Waals surface area contributed by atoms with E-state index in [1.807, 2.05) is 36.4 Å². The highest BCUT2D eigenvalue weighted by atomic mass is 16.1. The Balaban J connectivity index is 1.86. The zero-order chi connectivity index (χ0) is 16.9. The number of benzene rings is 2. The Hall–Kier alpha value is -2.13. The molecule has 0 unspecified atom stereocenters. The minimum atomic E-state index is 0.142. The number of fused-ring (bicyclic) bond motifs is 2. The molecule has 126 valence electrons. The van der Waals surface area contributed by atoms with Crippen molar-refractivity contribution in [2.45, 2.75) is 32.2 Å². The van der Waals surface area contributed by atoms with Crippen molar-refractivity contribution >= 4 is 21.8 Å². The predicted molar refractivity (Wildman–Crippen MR) is 103 cm³/mol. The van der Waals surface area contributed by atoms with Crippen LogP contribution in [0.15, 0.2) is 53.3 Å². The number of hydrogen-bond donors (Lipinski definition) is 0. The number of unbranched alkanes of at least 4 members (excludes halogenated alkanes) is 3. The van der Waals surface area contributed by atoms with Gasteiger partial charge in [-0.25, -0.2) is 0 Å². The SMILES string of the molecule is CN(C)CCCCCCn1c2ccccc2c(=O)c2ccccc21. The Bertz CT molecular complexity index is 820. The zero-order valence-electron chi connectivity index (χ0n) is 14.7. The van der Waals surface area contributed by atoms with Gasteiger partial charge in [0.2, 0.25) is 0 Å². The van der Waals surface area contributed by atoms with E-state index in [0.717, 1.165) is 41.3 Å². The fraction of sp³-hybridized carbons (Fsp3) is 0.381. The van der Waals surface area contributed by atoms with Gasteiger partial charge in [-0.3, -0.25) is 4.79 Å². The Morgan fingerprint density at radius 3 is 1.92 bits per heavy atom. The van der Waals surface area contributed by atoms with Gasteiger partial charge >= 0.3 is 0 Å². The summed E-state index contributed by atoms with van der Waals surface area (Å²) in [4.78, 5) is 14.9. The molecule has 0 aliphatic heterocycles. The molecule has 0 amide bonds. The summed E-state index contributed by atoms with van der Waals surface area (Å²) in [7, 11) is 4.25. The molecule has 3 rings (SSSR count). The largest absolute Gasteiger partial charge is 0.340 e. The van der Waals surface area contributed by atoms with Gasteiger partial charge in [0.15, 0.2) is 5.43 Å².